The maximum Gasteiger partial charge on any atom is 0.271 e. The van der Waals surface area contributed by atoms with Crippen LogP contribution in [-0.2, 0) is 9.59 Å². The quantitative estimate of drug-likeness (QED) is 0.859. The number of amides is 2. The molecule has 5 heteroatoms. The van der Waals surface area contributed by atoms with Crippen LogP contribution >= 0.6 is 0 Å². The molecule has 5 nitrogen and oxygen atoms in total. The molecule has 0 saturated heterocycles. The van der Waals surface area contributed by atoms with Gasteiger partial charge in [-0.2, -0.15) is 5.10 Å². The second-order valence-electron chi connectivity index (χ2n) is 4.29. The SMILES string of the molecule is Cc1cccc(NC(=O)C2=NN(C)C(=O)CC2)c1. The van der Waals surface area contributed by atoms with Crippen molar-refractivity contribution in [2.45, 2.75) is 19.8 Å². The molecular weight excluding hydrogens is 230 g/mol. The number of carbonyl (C=O) groups excluding carboxylic acids is 2. The Labute approximate surface area is 105 Å². The third-order valence-corrected chi connectivity index (χ3v) is 2.75. The molecule has 1 heterocycles. The molecule has 0 fully saturated rings. The van der Waals surface area contributed by atoms with E-state index in [1.807, 2.05) is 31.2 Å². The van der Waals surface area contributed by atoms with Crippen LogP contribution < -0.4 is 5.32 Å². The number of carbonyl (C=O) groups is 2. The fourth-order valence-electron chi connectivity index (χ4n) is 1.76. The van der Waals surface area contributed by atoms with Gasteiger partial charge in [-0.05, 0) is 24.6 Å². The molecule has 0 unspecified atom stereocenters. The maximum atomic E-state index is 12.0. The Morgan fingerprint density at radius 2 is 2.17 bits per heavy atom. The summed E-state index contributed by atoms with van der Waals surface area (Å²) >= 11 is 0. The van der Waals surface area contributed by atoms with Gasteiger partial charge >= 0.3 is 0 Å². The third-order valence-electron chi connectivity index (χ3n) is 2.75. The van der Waals surface area contributed by atoms with Crippen LogP contribution in [0.1, 0.15) is 18.4 Å². The van der Waals surface area contributed by atoms with E-state index in [0.717, 1.165) is 11.3 Å². The van der Waals surface area contributed by atoms with Crippen LogP contribution in [0.3, 0.4) is 0 Å². The fourth-order valence-corrected chi connectivity index (χ4v) is 1.76. The van der Waals surface area contributed by atoms with Gasteiger partial charge in [0.05, 0.1) is 0 Å². The Bertz CT molecular complexity index is 523. The minimum absolute atomic E-state index is 0.0675. The Balaban J connectivity index is 2.09. The zero-order chi connectivity index (χ0) is 13.1. The van der Waals surface area contributed by atoms with E-state index in [0.29, 0.717) is 18.6 Å². The van der Waals surface area contributed by atoms with Crippen molar-refractivity contribution in [1.29, 1.82) is 0 Å². The lowest BCUT2D eigenvalue weighted by Crippen LogP contribution is -2.34. The number of hydrazone groups is 1. The minimum atomic E-state index is -0.250. The molecule has 1 aromatic rings. The van der Waals surface area contributed by atoms with Gasteiger partial charge in [-0.3, -0.25) is 9.59 Å². The number of nitrogens with one attached hydrogen (secondary N) is 1. The van der Waals surface area contributed by atoms with Gasteiger partial charge in [-0.15, -0.1) is 0 Å². The van der Waals surface area contributed by atoms with Crippen LogP contribution in [0.25, 0.3) is 0 Å². The molecule has 0 spiro atoms. The van der Waals surface area contributed by atoms with E-state index in [4.69, 9.17) is 0 Å². The standard InChI is InChI=1S/C13H15N3O2/c1-9-4-3-5-10(8-9)14-13(18)11-6-7-12(17)16(2)15-11/h3-5,8H,6-7H2,1-2H3,(H,14,18). The van der Waals surface area contributed by atoms with E-state index in [9.17, 15) is 9.59 Å². The van der Waals surface area contributed by atoms with Crippen LogP contribution in [0, 0.1) is 6.92 Å². The Morgan fingerprint density at radius 3 is 2.83 bits per heavy atom. The highest BCUT2D eigenvalue weighted by Gasteiger charge is 2.21. The summed E-state index contributed by atoms with van der Waals surface area (Å²) in [7, 11) is 1.56. The zero-order valence-electron chi connectivity index (χ0n) is 10.4. The second-order valence-corrected chi connectivity index (χ2v) is 4.29. The smallest absolute Gasteiger partial charge is 0.271 e. The molecule has 0 atom stereocenters. The van der Waals surface area contributed by atoms with E-state index < -0.39 is 0 Å². The number of anilines is 1. The molecule has 1 aromatic carbocycles. The lowest BCUT2D eigenvalue weighted by Gasteiger charge is -2.18. The molecule has 0 saturated carbocycles. The average Bonchev–Trinajstić information content (AvgIpc) is 2.32. The van der Waals surface area contributed by atoms with Crippen molar-refractivity contribution in [3.63, 3.8) is 0 Å². The topological polar surface area (TPSA) is 61.8 Å². The van der Waals surface area contributed by atoms with Crippen molar-refractivity contribution in [1.82, 2.24) is 5.01 Å². The van der Waals surface area contributed by atoms with Gasteiger partial charge in [0.2, 0.25) is 5.91 Å². The van der Waals surface area contributed by atoms with Gasteiger partial charge < -0.3 is 5.32 Å². The predicted octanol–water partition coefficient (Wildman–Crippen LogP) is 1.54. The fraction of sp³-hybridized carbons (Fsp3) is 0.308. The summed E-state index contributed by atoms with van der Waals surface area (Å²) in [4.78, 5) is 23.2. The average molecular weight is 245 g/mol. The number of hydrogen-bond acceptors (Lipinski definition) is 3. The van der Waals surface area contributed by atoms with E-state index in [-0.39, 0.29) is 11.8 Å². The summed E-state index contributed by atoms with van der Waals surface area (Å²) in [5, 5.41) is 7.97. The van der Waals surface area contributed by atoms with E-state index in [1.54, 1.807) is 7.05 Å². The summed E-state index contributed by atoms with van der Waals surface area (Å²) < 4.78 is 0. The van der Waals surface area contributed by atoms with Crippen molar-refractivity contribution in [2.75, 3.05) is 12.4 Å². The molecular formula is C13H15N3O2. The highest BCUT2D eigenvalue weighted by molar-refractivity contribution is 6.43. The highest BCUT2D eigenvalue weighted by atomic mass is 16.2. The molecule has 1 aliphatic rings. The van der Waals surface area contributed by atoms with Gasteiger partial charge in [-0.25, -0.2) is 5.01 Å². The third kappa shape index (κ3) is 2.74. The van der Waals surface area contributed by atoms with E-state index in [1.165, 1.54) is 5.01 Å². The molecule has 0 bridgehead atoms. The van der Waals surface area contributed by atoms with Gasteiger partial charge in [0.15, 0.2) is 0 Å². The molecule has 18 heavy (non-hydrogen) atoms. The summed E-state index contributed by atoms with van der Waals surface area (Å²) in [5.74, 6) is -0.318. The van der Waals surface area contributed by atoms with E-state index in [2.05, 4.69) is 10.4 Å². The zero-order valence-corrected chi connectivity index (χ0v) is 10.4. The summed E-state index contributed by atoms with van der Waals surface area (Å²) in [6, 6.07) is 7.54. The van der Waals surface area contributed by atoms with Crippen LogP contribution in [-0.4, -0.2) is 29.6 Å². The summed E-state index contributed by atoms with van der Waals surface area (Å²) in [6.45, 7) is 1.96. The van der Waals surface area contributed by atoms with Crippen molar-refractivity contribution in [2.24, 2.45) is 5.10 Å². The van der Waals surface area contributed by atoms with Crippen molar-refractivity contribution >= 4 is 23.2 Å². The molecule has 2 amide bonds. The first-order valence-electron chi connectivity index (χ1n) is 5.78. The van der Waals surface area contributed by atoms with Crippen LogP contribution in [0.2, 0.25) is 0 Å². The largest absolute Gasteiger partial charge is 0.321 e. The summed E-state index contributed by atoms with van der Waals surface area (Å²) in [5.41, 5.74) is 2.20. The number of hydrogen-bond donors (Lipinski definition) is 1. The normalized spacial score (nSPS) is 15.3. The number of rotatable bonds is 2. The molecule has 1 N–H and O–H groups in total. The van der Waals surface area contributed by atoms with Gasteiger partial charge in [0.1, 0.15) is 5.71 Å². The Hall–Kier alpha value is -2.17. The Kier molecular flexibility index (Phi) is 3.41. The first-order chi connectivity index (χ1) is 8.56. The first kappa shape index (κ1) is 12.3. The van der Waals surface area contributed by atoms with Crippen molar-refractivity contribution < 1.29 is 9.59 Å². The minimum Gasteiger partial charge on any atom is -0.321 e. The molecule has 0 aliphatic carbocycles. The molecule has 2 rings (SSSR count). The summed E-state index contributed by atoms with van der Waals surface area (Å²) in [6.07, 6.45) is 0.720. The Morgan fingerprint density at radius 1 is 1.39 bits per heavy atom. The first-order valence-corrected chi connectivity index (χ1v) is 5.78. The number of aryl methyl sites for hydroxylation is 1. The van der Waals surface area contributed by atoms with Crippen LogP contribution in [0.5, 0.6) is 0 Å². The van der Waals surface area contributed by atoms with Crippen LogP contribution in [0.4, 0.5) is 5.69 Å². The lowest BCUT2D eigenvalue weighted by molar-refractivity contribution is -0.130. The van der Waals surface area contributed by atoms with Gasteiger partial charge in [0, 0.05) is 25.6 Å². The monoisotopic (exact) mass is 245 g/mol. The lowest BCUT2D eigenvalue weighted by atomic mass is 10.1. The van der Waals surface area contributed by atoms with Gasteiger partial charge in [-0.1, -0.05) is 12.1 Å². The van der Waals surface area contributed by atoms with Crippen LogP contribution in [0.15, 0.2) is 29.4 Å². The van der Waals surface area contributed by atoms with E-state index >= 15 is 0 Å². The number of benzene rings is 1. The van der Waals surface area contributed by atoms with Crippen molar-refractivity contribution in [3.8, 4) is 0 Å². The molecule has 0 radical (unpaired) electrons. The van der Waals surface area contributed by atoms with Crippen molar-refractivity contribution in [3.05, 3.63) is 29.8 Å². The molecule has 1 aliphatic heterocycles. The second kappa shape index (κ2) is 5.00. The molecule has 0 aromatic heterocycles. The maximum absolute atomic E-state index is 12.0. The highest BCUT2D eigenvalue weighted by Crippen LogP contribution is 2.12. The van der Waals surface area contributed by atoms with Gasteiger partial charge in [0.25, 0.3) is 5.91 Å². The number of nitrogens with zero attached hydrogens (tertiary/aromatic N) is 2. The molecule has 94 valence electrons. The predicted molar refractivity (Wildman–Crippen MR) is 69.2 cm³/mol.